The molecule has 0 saturated carbocycles. The predicted molar refractivity (Wildman–Crippen MR) is 90.8 cm³/mol. The van der Waals surface area contributed by atoms with Crippen molar-refractivity contribution < 1.29 is 9.59 Å². The Morgan fingerprint density at radius 2 is 1.73 bits per heavy atom. The fraction of sp³-hybridized carbons (Fsp3) is 0.176. The summed E-state index contributed by atoms with van der Waals surface area (Å²) in [7, 11) is 0. The number of primary amides is 1. The van der Waals surface area contributed by atoms with Crippen LogP contribution in [0.3, 0.4) is 0 Å². The molecule has 0 bridgehead atoms. The van der Waals surface area contributed by atoms with E-state index in [1.165, 1.54) is 5.56 Å². The first-order valence-corrected chi connectivity index (χ1v) is 7.97. The maximum absolute atomic E-state index is 12.1. The maximum atomic E-state index is 12.1. The monoisotopic (exact) mass is 314 g/mol. The van der Waals surface area contributed by atoms with E-state index in [4.69, 9.17) is 5.73 Å². The lowest BCUT2D eigenvalue weighted by atomic mass is 10.2. The van der Waals surface area contributed by atoms with Crippen LogP contribution in [0.1, 0.15) is 22.8 Å². The van der Waals surface area contributed by atoms with Gasteiger partial charge in [0.05, 0.1) is 5.25 Å². The number of thioether (sulfide) groups is 1. The molecule has 3 N–H and O–H groups in total. The van der Waals surface area contributed by atoms with Crippen molar-refractivity contribution in [1.82, 2.24) is 0 Å². The molecular formula is C17H18N2O2S. The molecule has 2 rings (SSSR count). The Bertz CT molecular complexity index is 641. The first-order chi connectivity index (χ1) is 10.6. The zero-order valence-electron chi connectivity index (χ0n) is 12.3. The van der Waals surface area contributed by atoms with E-state index in [0.29, 0.717) is 11.3 Å². The smallest absolute Gasteiger partial charge is 0.248 e. The molecule has 2 amide bonds. The summed E-state index contributed by atoms with van der Waals surface area (Å²) in [6, 6.07) is 16.6. The van der Waals surface area contributed by atoms with Crippen LogP contribution in [-0.2, 0) is 10.5 Å². The van der Waals surface area contributed by atoms with Gasteiger partial charge in [-0.25, -0.2) is 0 Å². The SMILES string of the molecule is C[C@@H](SCc1ccccc1)C(=O)Nc1ccc(C(N)=O)cc1. The number of carbonyl (C=O) groups excluding carboxylic acids is 2. The van der Waals surface area contributed by atoms with E-state index < -0.39 is 5.91 Å². The number of rotatable bonds is 6. The molecule has 0 aromatic heterocycles. The summed E-state index contributed by atoms with van der Waals surface area (Å²) in [5.74, 6) is 0.244. The van der Waals surface area contributed by atoms with Gasteiger partial charge in [-0.3, -0.25) is 9.59 Å². The molecule has 1 atom stereocenters. The standard InChI is InChI=1S/C17H18N2O2S/c1-12(22-11-13-5-3-2-4-6-13)17(21)19-15-9-7-14(8-10-15)16(18)20/h2-10,12H,11H2,1H3,(H2,18,20)(H,19,21)/t12-/m1/s1. The van der Waals surface area contributed by atoms with Gasteiger partial charge in [-0.1, -0.05) is 30.3 Å². The van der Waals surface area contributed by atoms with Gasteiger partial charge in [0.1, 0.15) is 0 Å². The number of hydrogen-bond acceptors (Lipinski definition) is 3. The quantitative estimate of drug-likeness (QED) is 0.861. The third kappa shape index (κ3) is 4.63. The van der Waals surface area contributed by atoms with Gasteiger partial charge in [-0.2, -0.15) is 0 Å². The van der Waals surface area contributed by atoms with Crippen LogP contribution < -0.4 is 11.1 Å². The average Bonchev–Trinajstić information content (AvgIpc) is 2.54. The van der Waals surface area contributed by atoms with Crippen LogP contribution in [0.4, 0.5) is 5.69 Å². The molecule has 0 radical (unpaired) electrons. The van der Waals surface area contributed by atoms with Crippen LogP contribution in [0.15, 0.2) is 54.6 Å². The van der Waals surface area contributed by atoms with Crippen molar-refractivity contribution in [3.05, 3.63) is 65.7 Å². The Kier molecular flexibility index (Phi) is 5.61. The maximum Gasteiger partial charge on any atom is 0.248 e. The fourth-order valence-electron chi connectivity index (χ4n) is 1.83. The molecule has 114 valence electrons. The van der Waals surface area contributed by atoms with Crippen LogP contribution in [-0.4, -0.2) is 17.1 Å². The summed E-state index contributed by atoms with van der Waals surface area (Å²) in [5, 5.41) is 2.66. The summed E-state index contributed by atoms with van der Waals surface area (Å²) >= 11 is 1.58. The van der Waals surface area contributed by atoms with Gasteiger partial charge in [0.2, 0.25) is 11.8 Å². The minimum Gasteiger partial charge on any atom is -0.366 e. The van der Waals surface area contributed by atoms with E-state index in [0.717, 1.165) is 5.75 Å². The molecule has 5 heteroatoms. The molecule has 0 aliphatic rings. The number of anilines is 1. The third-order valence-corrected chi connectivity index (χ3v) is 4.36. The van der Waals surface area contributed by atoms with E-state index in [-0.39, 0.29) is 11.2 Å². The molecule has 2 aromatic carbocycles. The van der Waals surface area contributed by atoms with Crippen molar-refractivity contribution in [3.8, 4) is 0 Å². The van der Waals surface area contributed by atoms with Crippen LogP contribution in [0.25, 0.3) is 0 Å². The molecule has 4 nitrogen and oxygen atoms in total. The van der Waals surface area contributed by atoms with E-state index in [2.05, 4.69) is 5.32 Å². The van der Waals surface area contributed by atoms with Gasteiger partial charge in [0, 0.05) is 17.0 Å². The lowest BCUT2D eigenvalue weighted by Gasteiger charge is -2.12. The number of hydrogen-bond donors (Lipinski definition) is 2. The van der Waals surface area contributed by atoms with Gasteiger partial charge in [0.15, 0.2) is 0 Å². The molecule has 2 aromatic rings. The van der Waals surface area contributed by atoms with Crippen molar-refractivity contribution in [2.75, 3.05) is 5.32 Å². The number of amides is 2. The van der Waals surface area contributed by atoms with Gasteiger partial charge in [-0.05, 0) is 36.8 Å². The highest BCUT2D eigenvalue weighted by Gasteiger charge is 2.13. The van der Waals surface area contributed by atoms with Crippen molar-refractivity contribution >= 4 is 29.3 Å². The van der Waals surface area contributed by atoms with Crippen molar-refractivity contribution in [2.45, 2.75) is 17.9 Å². The van der Waals surface area contributed by atoms with E-state index >= 15 is 0 Å². The van der Waals surface area contributed by atoms with Crippen LogP contribution >= 0.6 is 11.8 Å². The Morgan fingerprint density at radius 1 is 1.09 bits per heavy atom. The summed E-state index contributed by atoms with van der Waals surface area (Å²) in [6.45, 7) is 1.88. The largest absolute Gasteiger partial charge is 0.366 e. The summed E-state index contributed by atoms with van der Waals surface area (Å²) in [4.78, 5) is 23.1. The van der Waals surface area contributed by atoms with Gasteiger partial charge < -0.3 is 11.1 Å². The van der Waals surface area contributed by atoms with E-state index in [1.807, 2.05) is 37.3 Å². The first kappa shape index (κ1) is 16.1. The van der Waals surface area contributed by atoms with Crippen LogP contribution in [0.2, 0.25) is 0 Å². The summed E-state index contributed by atoms with van der Waals surface area (Å²) < 4.78 is 0. The lowest BCUT2D eigenvalue weighted by Crippen LogP contribution is -2.22. The van der Waals surface area contributed by atoms with Crippen molar-refractivity contribution in [1.29, 1.82) is 0 Å². The van der Waals surface area contributed by atoms with Crippen molar-refractivity contribution in [2.24, 2.45) is 5.73 Å². The predicted octanol–water partition coefficient (Wildman–Crippen LogP) is 3.05. The van der Waals surface area contributed by atoms with Crippen LogP contribution in [0, 0.1) is 0 Å². The van der Waals surface area contributed by atoms with E-state index in [9.17, 15) is 9.59 Å². The third-order valence-electron chi connectivity index (χ3n) is 3.15. The normalized spacial score (nSPS) is 11.7. The first-order valence-electron chi connectivity index (χ1n) is 6.92. The molecule has 0 aliphatic heterocycles. The highest BCUT2D eigenvalue weighted by Crippen LogP contribution is 2.19. The number of nitrogens with two attached hydrogens (primary N) is 1. The highest BCUT2D eigenvalue weighted by atomic mass is 32.2. The Hall–Kier alpha value is -2.27. The molecule has 0 fully saturated rings. The number of nitrogens with one attached hydrogen (secondary N) is 1. The topological polar surface area (TPSA) is 72.2 Å². The van der Waals surface area contributed by atoms with E-state index in [1.54, 1.807) is 36.0 Å². The highest BCUT2D eigenvalue weighted by molar-refractivity contribution is 7.99. The summed E-state index contributed by atoms with van der Waals surface area (Å²) in [5.41, 5.74) is 7.45. The van der Waals surface area contributed by atoms with Gasteiger partial charge in [0.25, 0.3) is 0 Å². The lowest BCUT2D eigenvalue weighted by molar-refractivity contribution is -0.115. The zero-order valence-corrected chi connectivity index (χ0v) is 13.1. The Morgan fingerprint density at radius 3 is 2.32 bits per heavy atom. The molecule has 0 aliphatic carbocycles. The average molecular weight is 314 g/mol. The minimum absolute atomic E-state index is 0.0623. The zero-order chi connectivity index (χ0) is 15.9. The fourth-order valence-corrected chi connectivity index (χ4v) is 2.68. The minimum atomic E-state index is -0.482. The van der Waals surface area contributed by atoms with Crippen molar-refractivity contribution in [3.63, 3.8) is 0 Å². The Balaban J connectivity index is 1.87. The second-order valence-electron chi connectivity index (χ2n) is 4.87. The summed E-state index contributed by atoms with van der Waals surface area (Å²) in [6.07, 6.45) is 0. The van der Waals surface area contributed by atoms with Gasteiger partial charge in [-0.15, -0.1) is 11.8 Å². The second-order valence-corrected chi connectivity index (χ2v) is 6.20. The molecular weight excluding hydrogens is 296 g/mol. The number of benzene rings is 2. The van der Waals surface area contributed by atoms with Crippen LogP contribution in [0.5, 0.6) is 0 Å². The molecule has 0 unspecified atom stereocenters. The molecule has 0 spiro atoms. The molecule has 0 heterocycles. The molecule has 0 saturated heterocycles. The molecule has 22 heavy (non-hydrogen) atoms. The number of carbonyl (C=O) groups is 2. The second kappa shape index (κ2) is 7.66. The Labute approximate surface area is 134 Å². The van der Waals surface area contributed by atoms with Gasteiger partial charge >= 0.3 is 0 Å².